The van der Waals surface area contributed by atoms with E-state index in [9.17, 15) is 8.42 Å². The molecule has 7 nitrogen and oxygen atoms in total. The van der Waals surface area contributed by atoms with E-state index in [4.69, 9.17) is 4.74 Å². The number of nitrogens with zero attached hydrogens (tertiary/aromatic N) is 1. The number of rotatable bonds is 10. The van der Waals surface area contributed by atoms with Gasteiger partial charge in [-0.1, -0.05) is 19.1 Å². The predicted molar refractivity (Wildman–Crippen MR) is 103 cm³/mol. The van der Waals surface area contributed by atoms with Crippen molar-refractivity contribution in [3.05, 3.63) is 29.3 Å². The number of sulfonamides is 1. The molecule has 0 aliphatic heterocycles. The van der Waals surface area contributed by atoms with Crippen molar-refractivity contribution in [3.63, 3.8) is 0 Å². The lowest BCUT2D eigenvalue weighted by molar-refractivity contribution is 0.313. The van der Waals surface area contributed by atoms with Crippen molar-refractivity contribution in [2.24, 2.45) is 4.99 Å². The first kappa shape index (κ1) is 21.2. The van der Waals surface area contributed by atoms with Crippen molar-refractivity contribution in [2.75, 3.05) is 33.0 Å². The lowest BCUT2D eigenvalue weighted by Crippen LogP contribution is -2.38. The first-order valence-electron chi connectivity index (χ1n) is 8.47. The zero-order valence-corrected chi connectivity index (χ0v) is 16.4. The highest BCUT2D eigenvalue weighted by atomic mass is 32.2. The van der Waals surface area contributed by atoms with Gasteiger partial charge in [0.1, 0.15) is 5.75 Å². The lowest BCUT2D eigenvalue weighted by atomic mass is 10.1. The van der Waals surface area contributed by atoms with Gasteiger partial charge in [-0.2, -0.15) is 0 Å². The van der Waals surface area contributed by atoms with Crippen LogP contribution in [0.2, 0.25) is 0 Å². The van der Waals surface area contributed by atoms with Gasteiger partial charge in [0.05, 0.1) is 12.9 Å². The predicted octanol–water partition coefficient (Wildman–Crippen LogP) is 1.39. The van der Waals surface area contributed by atoms with Crippen molar-refractivity contribution < 1.29 is 13.2 Å². The Bertz CT molecular complexity index is 660. The number of hydrogen-bond donors (Lipinski definition) is 3. The van der Waals surface area contributed by atoms with E-state index in [1.54, 1.807) is 7.05 Å². The molecule has 142 valence electrons. The highest BCUT2D eigenvalue weighted by Gasteiger charge is 2.06. The van der Waals surface area contributed by atoms with Crippen molar-refractivity contribution in [2.45, 2.75) is 33.2 Å². The van der Waals surface area contributed by atoms with Gasteiger partial charge in [0.15, 0.2) is 5.96 Å². The van der Waals surface area contributed by atoms with Crippen LogP contribution in [0.4, 0.5) is 0 Å². The molecule has 0 spiro atoms. The van der Waals surface area contributed by atoms with Gasteiger partial charge < -0.3 is 15.4 Å². The molecule has 0 saturated carbocycles. The Balaban J connectivity index is 2.46. The minimum atomic E-state index is -3.13. The summed E-state index contributed by atoms with van der Waals surface area (Å²) in [6, 6.07) is 6.15. The summed E-state index contributed by atoms with van der Waals surface area (Å²) in [7, 11) is -1.43. The van der Waals surface area contributed by atoms with Crippen LogP contribution < -0.4 is 20.1 Å². The zero-order valence-electron chi connectivity index (χ0n) is 15.6. The van der Waals surface area contributed by atoms with Crippen LogP contribution in [-0.4, -0.2) is 47.4 Å². The number of ether oxygens (including phenoxy) is 1. The summed E-state index contributed by atoms with van der Waals surface area (Å²) in [5, 5.41) is 6.41. The fourth-order valence-corrected chi connectivity index (χ4v) is 2.62. The summed E-state index contributed by atoms with van der Waals surface area (Å²) >= 11 is 0. The number of aryl methyl sites for hydroxylation is 1. The minimum Gasteiger partial charge on any atom is -0.493 e. The van der Waals surface area contributed by atoms with Gasteiger partial charge in [0.25, 0.3) is 0 Å². The standard InChI is InChI=1S/C17H30N4O3S/c1-5-11-24-16-12-14(2)7-8-15(16)13-20-17(18-3)19-9-6-10-21-25(4,22)23/h7-8,12,21H,5-6,9-11,13H2,1-4H3,(H2,18,19,20). The fourth-order valence-electron chi connectivity index (χ4n) is 2.11. The van der Waals surface area contributed by atoms with Crippen LogP contribution in [0.15, 0.2) is 23.2 Å². The monoisotopic (exact) mass is 370 g/mol. The van der Waals surface area contributed by atoms with Crippen LogP contribution in [-0.2, 0) is 16.6 Å². The second-order valence-corrected chi connectivity index (χ2v) is 7.67. The molecule has 0 bridgehead atoms. The first-order valence-corrected chi connectivity index (χ1v) is 10.4. The normalized spacial score (nSPS) is 12.1. The molecule has 0 aromatic heterocycles. The largest absolute Gasteiger partial charge is 0.493 e. The maximum Gasteiger partial charge on any atom is 0.208 e. The molecule has 0 amide bonds. The van der Waals surface area contributed by atoms with Crippen molar-refractivity contribution in [1.29, 1.82) is 0 Å². The van der Waals surface area contributed by atoms with Gasteiger partial charge in [-0.05, 0) is 31.4 Å². The quantitative estimate of drug-likeness (QED) is 0.329. The second-order valence-electron chi connectivity index (χ2n) is 5.83. The molecule has 0 heterocycles. The third-order valence-corrected chi connectivity index (χ3v) is 4.09. The van der Waals surface area contributed by atoms with Gasteiger partial charge in [0, 0.05) is 32.2 Å². The van der Waals surface area contributed by atoms with Crippen LogP contribution in [0.1, 0.15) is 30.9 Å². The van der Waals surface area contributed by atoms with Crippen molar-refractivity contribution in [1.82, 2.24) is 15.4 Å². The Morgan fingerprint density at radius 1 is 1.24 bits per heavy atom. The smallest absolute Gasteiger partial charge is 0.208 e. The molecule has 0 aliphatic rings. The van der Waals surface area contributed by atoms with E-state index in [0.717, 1.165) is 29.6 Å². The molecule has 0 saturated heterocycles. The molecule has 8 heteroatoms. The molecule has 0 radical (unpaired) electrons. The van der Waals surface area contributed by atoms with Crippen LogP contribution in [0.3, 0.4) is 0 Å². The topological polar surface area (TPSA) is 91.8 Å². The maximum absolute atomic E-state index is 11.0. The van der Waals surface area contributed by atoms with Crippen LogP contribution in [0.5, 0.6) is 5.75 Å². The summed E-state index contributed by atoms with van der Waals surface area (Å²) in [5.74, 6) is 1.56. The number of aliphatic imine (C=N–C) groups is 1. The van der Waals surface area contributed by atoms with E-state index in [1.807, 2.05) is 13.0 Å². The van der Waals surface area contributed by atoms with Crippen LogP contribution in [0.25, 0.3) is 0 Å². The van der Waals surface area contributed by atoms with Gasteiger partial charge >= 0.3 is 0 Å². The summed E-state index contributed by atoms with van der Waals surface area (Å²) in [6.45, 7) is 6.43. The lowest BCUT2D eigenvalue weighted by Gasteiger charge is -2.15. The summed E-state index contributed by atoms with van der Waals surface area (Å²) in [6.07, 6.45) is 2.79. The first-order chi connectivity index (χ1) is 11.9. The van der Waals surface area contributed by atoms with Gasteiger partial charge in [-0.3, -0.25) is 4.99 Å². The molecule has 0 fully saturated rings. The third kappa shape index (κ3) is 9.31. The van der Waals surface area contributed by atoms with Crippen molar-refractivity contribution in [3.8, 4) is 5.75 Å². The average molecular weight is 371 g/mol. The number of nitrogens with one attached hydrogen (secondary N) is 3. The fraction of sp³-hybridized carbons (Fsp3) is 0.588. The highest BCUT2D eigenvalue weighted by Crippen LogP contribution is 2.20. The van der Waals surface area contributed by atoms with E-state index in [1.165, 1.54) is 0 Å². The number of hydrogen-bond acceptors (Lipinski definition) is 4. The molecule has 25 heavy (non-hydrogen) atoms. The maximum atomic E-state index is 11.0. The molecule has 1 aromatic rings. The molecule has 0 unspecified atom stereocenters. The minimum absolute atomic E-state index is 0.399. The zero-order chi connectivity index (χ0) is 18.7. The number of guanidine groups is 1. The van der Waals surface area contributed by atoms with E-state index in [2.05, 4.69) is 39.4 Å². The Labute approximate surface area is 151 Å². The molecular weight excluding hydrogens is 340 g/mol. The van der Waals surface area contributed by atoms with E-state index in [0.29, 0.717) is 38.6 Å². The van der Waals surface area contributed by atoms with Crippen LogP contribution >= 0.6 is 0 Å². The molecule has 0 atom stereocenters. The molecular formula is C17H30N4O3S. The molecule has 3 N–H and O–H groups in total. The summed E-state index contributed by atoms with van der Waals surface area (Å²) in [5.41, 5.74) is 2.23. The molecule has 1 aromatic carbocycles. The average Bonchev–Trinajstić information content (AvgIpc) is 2.55. The Morgan fingerprint density at radius 2 is 2.00 bits per heavy atom. The third-order valence-electron chi connectivity index (χ3n) is 3.36. The Morgan fingerprint density at radius 3 is 2.64 bits per heavy atom. The van der Waals surface area contributed by atoms with E-state index >= 15 is 0 Å². The highest BCUT2D eigenvalue weighted by molar-refractivity contribution is 7.88. The van der Waals surface area contributed by atoms with Crippen LogP contribution in [0, 0.1) is 6.92 Å². The van der Waals surface area contributed by atoms with Gasteiger partial charge in [-0.15, -0.1) is 0 Å². The van der Waals surface area contributed by atoms with Gasteiger partial charge in [-0.25, -0.2) is 13.1 Å². The molecule has 0 aliphatic carbocycles. The summed E-state index contributed by atoms with van der Waals surface area (Å²) in [4.78, 5) is 4.17. The number of benzene rings is 1. The van der Waals surface area contributed by atoms with Crippen molar-refractivity contribution >= 4 is 16.0 Å². The second kappa shape index (κ2) is 10.9. The Hall–Kier alpha value is -1.80. The van der Waals surface area contributed by atoms with Gasteiger partial charge in [0.2, 0.25) is 10.0 Å². The van der Waals surface area contributed by atoms with E-state index in [-0.39, 0.29) is 0 Å². The summed E-state index contributed by atoms with van der Waals surface area (Å²) < 4.78 is 30.3. The molecule has 1 rings (SSSR count). The SMILES string of the molecule is CCCOc1cc(C)ccc1CNC(=NC)NCCCNS(C)(=O)=O. The Kier molecular flexibility index (Phi) is 9.30. The van der Waals surface area contributed by atoms with E-state index < -0.39 is 10.0 Å².